The molecule has 54 heavy (non-hydrogen) atoms. The van der Waals surface area contributed by atoms with E-state index in [9.17, 15) is 0 Å². The number of hydrogen-bond donors (Lipinski definition) is 0. The molecule has 0 N–H and O–H groups in total. The van der Waals surface area contributed by atoms with Crippen LogP contribution < -0.4 is 0 Å². The lowest BCUT2D eigenvalue weighted by atomic mass is 10.0. The summed E-state index contributed by atoms with van der Waals surface area (Å²) in [5.41, 5.74) is 15.4. The first kappa shape index (κ1) is 31.7. The summed E-state index contributed by atoms with van der Waals surface area (Å²) in [5.74, 6) is 0. The highest BCUT2D eigenvalue weighted by Crippen LogP contribution is 2.32. The molecule has 0 saturated carbocycles. The first-order valence-electron chi connectivity index (χ1n) is 18.4. The Morgan fingerprint density at radius 2 is 0.722 bits per heavy atom. The van der Waals surface area contributed by atoms with Crippen molar-refractivity contribution in [3.8, 4) is 56.2 Å². The third kappa shape index (κ3) is 5.84. The Labute approximate surface area is 313 Å². The van der Waals surface area contributed by atoms with Crippen LogP contribution in [0, 0.1) is 0 Å². The van der Waals surface area contributed by atoms with E-state index in [4.69, 9.17) is 19.9 Å². The van der Waals surface area contributed by atoms with Gasteiger partial charge in [-0.25, -0.2) is 19.9 Å². The molecule has 0 atom stereocenters. The van der Waals surface area contributed by atoms with E-state index in [1.165, 1.54) is 5.56 Å². The maximum absolute atomic E-state index is 5.15. The first-order chi connectivity index (χ1) is 26.6. The third-order valence-electron chi connectivity index (χ3n) is 10.4. The van der Waals surface area contributed by atoms with Gasteiger partial charge in [-0.05, 0) is 65.6 Å². The predicted octanol–water partition coefficient (Wildman–Crippen LogP) is 12.8. The molecule has 4 heteroatoms. The topological polar surface area (TPSA) is 51.6 Å². The van der Waals surface area contributed by atoms with Crippen LogP contribution in [0.25, 0.3) is 99.8 Å². The SMILES string of the molecule is CCc1cccc(-c2ccc3ccc(-c4ccc5ccc(-c6ccc(-c7ccc8ccc9ccc(-c%10ccccc%10)nc9c8n7)cc6)nc5c4)cc3n2)c1. The van der Waals surface area contributed by atoms with Gasteiger partial charge in [0.05, 0.1) is 44.8 Å². The number of rotatable bonds is 6. The highest BCUT2D eigenvalue weighted by Gasteiger charge is 2.11. The molecule has 0 aliphatic rings. The molecule has 10 aromatic rings. The second-order valence-electron chi connectivity index (χ2n) is 13.8. The zero-order chi connectivity index (χ0) is 36.0. The van der Waals surface area contributed by atoms with Gasteiger partial charge in [-0.3, -0.25) is 0 Å². The molecule has 0 bridgehead atoms. The number of aryl methyl sites for hydroxylation is 1. The van der Waals surface area contributed by atoms with Gasteiger partial charge < -0.3 is 0 Å². The summed E-state index contributed by atoms with van der Waals surface area (Å²) in [4.78, 5) is 20.4. The molecule has 4 nitrogen and oxygen atoms in total. The number of fused-ring (bicyclic) bond motifs is 5. The van der Waals surface area contributed by atoms with E-state index < -0.39 is 0 Å². The fraction of sp³-hybridized carbons (Fsp3) is 0.0400. The van der Waals surface area contributed by atoms with E-state index in [1.54, 1.807) is 0 Å². The van der Waals surface area contributed by atoms with Gasteiger partial charge in [0.15, 0.2) is 0 Å². The number of hydrogen-bond acceptors (Lipinski definition) is 4. The second kappa shape index (κ2) is 13.2. The standard InChI is InChI=1S/C50H34N4/c1-2-32-7-6-10-42(29-32)46-26-22-37-16-20-41(31-48(37)52-46)40-19-15-36-21-25-43(51-47(36)30-40)34-11-13-35(14-12-34)45-28-24-39-18-17-38-23-27-44(33-8-4-3-5-9-33)53-49(38)50(39)54-45/h3-31H,2H2,1H3. The second-order valence-corrected chi connectivity index (χ2v) is 13.8. The molecule has 254 valence electrons. The van der Waals surface area contributed by atoms with Gasteiger partial charge in [0.1, 0.15) is 0 Å². The van der Waals surface area contributed by atoms with Gasteiger partial charge in [0.25, 0.3) is 0 Å². The Balaban J connectivity index is 0.956. The van der Waals surface area contributed by atoms with Crippen LogP contribution in [0.4, 0.5) is 0 Å². The molecule has 0 radical (unpaired) electrons. The van der Waals surface area contributed by atoms with E-state index in [2.05, 4.69) is 165 Å². The molecule has 10 rings (SSSR count). The average Bonchev–Trinajstić information content (AvgIpc) is 3.25. The van der Waals surface area contributed by atoms with Crippen LogP contribution in [0.2, 0.25) is 0 Å². The van der Waals surface area contributed by atoms with Crippen molar-refractivity contribution >= 4 is 43.6 Å². The van der Waals surface area contributed by atoms with Crippen LogP contribution in [0.1, 0.15) is 12.5 Å². The molecule has 4 aromatic heterocycles. The van der Waals surface area contributed by atoms with Crippen molar-refractivity contribution in [2.24, 2.45) is 0 Å². The number of aromatic nitrogens is 4. The van der Waals surface area contributed by atoms with E-state index in [-0.39, 0.29) is 0 Å². The van der Waals surface area contributed by atoms with Crippen LogP contribution in [0.5, 0.6) is 0 Å². The number of nitrogens with zero attached hydrogens (tertiary/aromatic N) is 4. The molecular weight excluding hydrogens is 657 g/mol. The monoisotopic (exact) mass is 690 g/mol. The van der Waals surface area contributed by atoms with Gasteiger partial charge in [-0.1, -0.05) is 140 Å². The zero-order valence-electron chi connectivity index (χ0n) is 29.7. The smallest absolute Gasteiger partial charge is 0.0972 e. The predicted molar refractivity (Wildman–Crippen MR) is 224 cm³/mol. The molecule has 4 heterocycles. The molecule has 0 spiro atoms. The summed E-state index contributed by atoms with van der Waals surface area (Å²) in [6.45, 7) is 2.18. The Morgan fingerprint density at radius 1 is 0.315 bits per heavy atom. The maximum Gasteiger partial charge on any atom is 0.0972 e. The Hall–Kier alpha value is -7.04. The van der Waals surface area contributed by atoms with E-state index in [0.717, 1.165) is 106 Å². The minimum Gasteiger partial charge on any atom is -0.248 e. The van der Waals surface area contributed by atoms with Crippen LogP contribution in [0.15, 0.2) is 176 Å². The molecule has 0 aliphatic heterocycles. The van der Waals surface area contributed by atoms with Crippen molar-refractivity contribution in [2.45, 2.75) is 13.3 Å². The van der Waals surface area contributed by atoms with Crippen molar-refractivity contribution in [1.29, 1.82) is 0 Å². The lowest BCUT2D eigenvalue weighted by molar-refractivity contribution is 1.14. The van der Waals surface area contributed by atoms with Crippen molar-refractivity contribution in [3.05, 3.63) is 181 Å². The molecule has 0 unspecified atom stereocenters. The molecule has 6 aromatic carbocycles. The molecular formula is C50H34N4. The largest absolute Gasteiger partial charge is 0.248 e. The van der Waals surface area contributed by atoms with Crippen molar-refractivity contribution in [1.82, 2.24) is 19.9 Å². The van der Waals surface area contributed by atoms with Crippen LogP contribution in [0.3, 0.4) is 0 Å². The summed E-state index contributed by atoms with van der Waals surface area (Å²) in [6, 6.07) is 61.7. The Bertz CT molecular complexity index is 3020. The number of pyridine rings is 4. The summed E-state index contributed by atoms with van der Waals surface area (Å²) in [6.07, 6.45) is 1.00. The van der Waals surface area contributed by atoms with Gasteiger partial charge in [-0.2, -0.15) is 0 Å². The fourth-order valence-electron chi connectivity index (χ4n) is 7.38. The van der Waals surface area contributed by atoms with E-state index >= 15 is 0 Å². The third-order valence-corrected chi connectivity index (χ3v) is 10.4. The summed E-state index contributed by atoms with van der Waals surface area (Å²) >= 11 is 0. The lowest BCUT2D eigenvalue weighted by Crippen LogP contribution is -1.91. The Morgan fingerprint density at radius 3 is 1.26 bits per heavy atom. The minimum absolute atomic E-state index is 0.906. The summed E-state index contributed by atoms with van der Waals surface area (Å²) < 4.78 is 0. The molecule has 0 fully saturated rings. The average molecular weight is 691 g/mol. The minimum atomic E-state index is 0.906. The summed E-state index contributed by atoms with van der Waals surface area (Å²) in [7, 11) is 0. The van der Waals surface area contributed by atoms with Gasteiger partial charge in [0, 0.05) is 43.8 Å². The first-order valence-corrected chi connectivity index (χ1v) is 18.4. The number of benzene rings is 6. The van der Waals surface area contributed by atoms with Crippen LogP contribution in [-0.4, -0.2) is 19.9 Å². The van der Waals surface area contributed by atoms with Crippen LogP contribution >= 0.6 is 0 Å². The van der Waals surface area contributed by atoms with Gasteiger partial charge in [-0.15, -0.1) is 0 Å². The zero-order valence-corrected chi connectivity index (χ0v) is 29.7. The lowest BCUT2D eigenvalue weighted by Gasteiger charge is -2.10. The summed E-state index contributed by atoms with van der Waals surface area (Å²) in [5, 5.41) is 4.38. The van der Waals surface area contributed by atoms with Crippen molar-refractivity contribution in [2.75, 3.05) is 0 Å². The maximum atomic E-state index is 5.15. The molecule has 0 amide bonds. The van der Waals surface area contributed by atoms with Crippen molar-refractivity contribution in [3.63, 3.8) is 0 Å². The van der Waals surface area contributed by atoms with Gasteiger partial charge >= 0.3 is 0 Å². The molecule has 0 aliphatic carbocycles. The van der Waals surface area contributed by atoms with E-state index in [1.807, 2.05) is 18.2 Å². The Kier molecular flexibility index (Phi) is 7.73. The van der Waals surface area contributed by atoms with E-state index in [0.29, 0.717) is 0 Å². The quantitative estimate of drug-likeness (QED) is 0.163. The van der Waals surface area contributed by atoms with Crippen molar-refractivity contribution < 1.29 is 0 Å². The highest BCUT2D eigenvalue weighted by atomic mass is 14.8. The van der Waals surface area contributed by atoms with Gasteiger partial charge in [0.2, 0.25) is 0 Å². The highest BCUT2D eigenvalue weighted by molar-refractivity contribution is 6.04. The fourth-order valence-corrected chi connectivity index (χ4v) is 7.38. The molecule has 0 saturated heterocycles. The normalized spacial score (nSPS) is 11.5. The van der Waals surface area contributed by atoms with Crippen LogP contribution in [-0.2, 0) is 6.42 Å².